The lowest BCUT2D eigenvalue weighted by Crippen LogP contribution is -1.97. The molecule has 0 heterocycles. The minimum Gasteiger partial charge on any atom is -0.505 e. The molecule has 0 saturated carbocycles. The summed E-state index contributed by atoms with van der Waals surface area (Å²) in [6.07, 6.45) is 0. The fraction of sp³-hybridized carbons (Fsp3) is 0. The van der Waals surface area contributed by atoms with Gasteiger partial charge in [0, 0.05) is 10.3 Å². The summed E-state index contributed by atoms with van der Waals surface area (Å²) >= 11 is 0.887. The number of aromatic hydroxyl groups is 1. The molecule has 0 radical (unpaired) electrons. The number of carboxylic acid groups (broad SMARTS) is 2. The molecule has 21 heteroatoms. The summed E-state index contributed by atoms with van der Waals surface area (Å²) in [5, 5.41) is 69.9. The summed E-state index contributed by atoms with van der Waals surface area (Å²) in [6.45, 7) is 0. The first-order chi connectivity index (χ1) is 21.4. The van der Waals surface area contributed by atoms with Crippen molar-refractivity contribution < 1.29 is 67.1 Å². The lowest BCUT2D eigenvalue weighted by atomic mass is 10.1. The maximum Gasteiger partial charge on any atom is 0.338 e. The van der Waals surface area contributed by atoms with Crippen LogP contribution in [0.25, 0.3) is 10.8 Å². The molecule has 0 aromatic heterocycles. The van der Waals surface area contributed by atoms with Gasteiger partial charge in [-0.3, -0.25) is 4.55 Å². The first-order valence-corrected chi connectivity index (χ1v) is 14.5. The van der Waals surface area contributed by atoms with Crippen LogP contribution >= 0.6 is 24.1 Å². The monoisotopic (exact) mass is 680 g/mol. The zero-order valence-corrected chi connectivity index (χ0v) is 24.2. The smallest absolute Gasteiger partial charge is 0.338 e. The molecule has 234 valence electrons. The molecule has 0 unspecified atom stereocenters. The van der Waals surface area contributed by atoms with E-state index >= 15 is 0 Å². The van der Waals surface area contributed by atoms with E-state index in [-0.39, 0.29) is 48.9 Å². The fourth-order valence-electron chi connectivity index (χ4n) is 3.64. The van der Waals surface area contributed by atoms with Crippen molar-refractivity contribution in [3.63, 3.8) is 0 Å². The summed E-state index contributed by atoms with van der Waals surface area (Å²) in [4.78, 5) is 23.3. The van der Waals surface area contributed by atoms with Crippen molar-refractivity contribution in [1.29, 1.82) is 0 Å². The van der Waals surface area contributed by atoms with Crippen LogP contribution in [-0.4, -0.2) is 50.7 Å². The van der Waals surface area contributed by atoms with Crippen molar-refractivity contribution in [2.45, 2.75) is 14.7 Å². The lowest BCUT2D eigenvalue weighted by Gasteiger charge is -2.10. The molecule has 18 nitrogen and oxygen atoms in total. The van der Waals surface area contributed by atoms with Gasteiger partial charge in [0.05, 0.1) is 50.7 Å². The molecule has 4 aromatic rings. The van der Waals surface area contributed by atoms with Gasteiger partial charge in [-0.15, -0.1) is 24.0 Å². The van der Waals surface area contributed by atoms with E-state index in [1.54, 1.807) is 0 Å². The van der Waals surface area contributed by atoms with E-state index in [2.05, 4.69) is 39.2 Å². The van der Waals surface area contributed by atoms with E-state index in [9.17, 15) is 37.9 Å². The van der Waals surface area contributed by atoms with Crippen molar-refractivity contribution in [1.82, 2.24) is 0 Å². The SMILES string of the molecule is O=C(O)c1ccc(SOOO)cc1N=Nc1ccc(N=Nc2c(SOOO)cc3cc(S(=O)(=O)O)ccc3c2O)c(C(=O)O)c1. The van der Waals surface area contributed by atoms with Crippen LogP contribution in [-0.2, 0) is 28.9 Å². The van der Waals surface area contributed by atoms with E-state index < -0.39 is 38.3 Å². The van der Waals surface area contributed by atoms with Gasteiger partial charge in [0.25, 0.3) is 10.1 Å². The molecule has 0 saturated heterocycles. The molecule has 45 heavy (non-hydrogen) atoms. The third-order valence-electron chi connectivity index (χ3n) is 5.58. The summed E-state index contributed by atoms with van der Waals surface area (Å²) < 4.78 is 41.1. The molecule has 0 fully saturated rings. The maximum absolute atomic E-state index is 12.0. The average Bonchev–Trinajstić information content (AvgIpc) is 3.00. The van der Waals surface area contributed by atoms with Gasteiger partial charge < -0.3 is 15.3 Å². The third-order valence-corrected chi connectivity index (χ3v) is 7.62. The summed E-state index contributed by atoms with van der Waals surface area (Å²) in [7, 11) is -4.58. The van der Waals surface area contributed by atoms with E-state index in [0.717, 1.165) is 18.2 Å². The number of rotatable bonds is 13. The maximum atomic E-state index is 12.0. The van der Waals surface area contributed by atoms with Gasteiger partial charge in [-0.25, -0.2) is 20.1 Å². The second-order valence-corrected chi connectivity index (χ2v) is 11.2. The van der Waals surface area contributed by atoms with Crippen molar-refractivity contribution >= 4 is 79.7 Å². The predicted octanol–water partition coefficient (Wildman–Crippen LogP) is 6.88. The topological polar surface area (TPSA) is 276 Å². The number of phenols is 1. The lowest BCUT2D eigenvalue weighted by molar-refractivity contribution is -0.432. The molecule has 6 N–H and O–H groups in total. The largest absolute Gasteiger partial charge is 0.505 e. The van der Waals surface area contributed by atoms with Crippen LogP contribution in [0.4, 0.5) is 22.7 Å². The van der Waals surface area contributed by atoms with Gasteiger partial charge >= 0.3 is 11.9 Å². The first-order valence-electron chi connectivity index (χ1n) is 11.6. The number of phenolic OH excluding ortho intramolecular Hbond substituents is 1. The molecule has 0 amide bonds. The van der Waals surface area contributed by atoms with Crippen LogP contribution in [0, 0.1) is 0 Å². The Bertz CT molecular complexity index is 1950. The Hall–Kier alpha value is -4.55. The fourth-order valence-corrected chi connectivity index (χ4v) is 5.05. The van der Waals surface area contributed by atoms with Crippen LogP contribution in [0.15, 0.2) is 95.8 Å². The van der Waals surface area contributed by atoms with Gasteiger partial charge in [-0.05, 0) is 66.0 Å². The number of azo groups is 2. The highest BCUT2D eigenvalue weighted by Crippen LogP contribution is 2.44. The van der Waals surface area contributed by atoms with Gasteiger partial charge in [0.15, 0.2) is 5.75 Å². The average molecular weight is 681 g/mol. The number of hydrogen-bond acceptors (Lipinski definition) is 17. The Kier molecular flexibility index (Phi) is 10.7. The van der Waals surface area contributed by atoms with Gasteiger partial charge in [-0.2, -0.15) is 13.5 Å². The molecule has 4 rings (SSSR count). The van der Waals surface area contributed by atoms with E-state index in [1.165, 1.54) is 42.5 Å². The van der Waals surface area contributed by atoms with Crippen LogP contribution in [0.5, 0.6) is 5.75 Å². The molecular weight excluding hydrogens is 664 g/mol. The standard InChI is InChI=1S/C24H16N4O14S3/c29-22-15-5-3-14(45(36,37)38)7-11(15)8-20(44-42-40-35)21(22)28-26-18-6-1-12(9-17(18)24(32)33)25-27-19-10-13(43-41-39-34)2-4-16(19)23(30)31/h1-10,29,34-35H,(H,30,31)(H,32,33)(H,36,37,38). The second-order valence-electron chi connectivity index (χ2n) is 8.27. The van der Waals surface area contributed by atoms with Crippen molar-refractivity contribution in [3.8, 4) is 5.75 Å². The van der Waals surface area contributed by atoms with Gasteiger partial charge in [0.1, 0.15) is 17.1 Å². The summed E-state index contributed by atoms with van der Waals surface area (Å²) in [5.41, 5.74) is -1.34. The Balaban J connectivity index is 1.72. The van der Waals surface area contributed by atoms with E-state index in [0.29, 0.717) is 24.1 Å². The Morgan fingerprint density at radius 1 is 0.733 bits per heavy atom. The summed E-state index contributed by atoms with van der Waals surface area (Å²) in [6, 6.07) is 11.9. The number of fused-ring (bicyclic) bond motifs is 1. The molecule has 0 atom stereocenters. The highest BCUT2D eigenvalue weighted by molar-refractivity contribution is 7.95. The van der Waals surface area contributed by atoms with Crippen molar-refractivity contribution in [2.24, 2.45) is 20.5 Å². The van der Waals surface area contributed by atoms with Crippen LogP contribution in [0.3, 0.4) is 0 Å². The minimum absolute atomic E-state index is 0.0244. The molecular formula is C24H16N4O14S3. The van der Waals surface area contributed by atoms with Crippen LogP contribution in [0.1, 0.15) is 20.7 Å². The van der Waals surface area contributed by atoms with Crippen LogP contribution in [0.2, 0.25) is 0 Å². The second kappa shape index (κ2) is 14.5. The van der Waals surface area contributed by atoms with Gasteiger partial charge in [-0.1, -0.05) is 10.1 Å². The van der Waals surface area contributed by atoms with E-state index in [4.69, 9.17) is 10.5 Å². The zero-order chi connectivity index (χ0) is 32.7. The number of aromatic carboxylic acids is 2. The Morgan fingerprint density at radius 3 is 2.09 bits per heavy atom. The molecule has 0 aliphatic heterocycles. The van der Waals surface area contributed by atoms with Gasteiger partial charge in [0.2, 0.25) is 0 Å². The van der Waals surface area contributed by atoms with Crippen molar-refractivity contribution in [3.05, 3.63) is 71.8 Å². The summed E-state index contributed by atoms with van der Waals surface area (Å²) in [5.74, 6) is -3.33. The first kappa shape index (κ1) is 33.3. The number of nitrogens with zero attached hydrogens (tertiary/aromatic N) is 4. The Morgan fingerprint density at radius 2 is 1.42 bits per heavy atom. The van der Waals surface area contributed by atoms with E-state index in [1.807, 2.05) is 0 Å². The molecule has 0 spiro atoms. The molecule has 0 bridgehead atoms. The number of hydrogen-bond donors (Lipinski definition) is 6. The highest BCUT2D eigenvalue weighted by atomic mass is 32.2. The normalized spacial score (nSPS) is 12.0. The quantitative estimate of drug-likeness (QED) is 0.0276. The number of carboxylic acids is 2. The minimum atomic E-state index is -4.58. The van der Waals surface area contributed by atoms with Crippen LogP contribution < -0.4 is 0 Å². The predicted molar refractivity (Wildman–Crippen MR) is 152 cm³/mol. The molecule has 0 aliphatic rings. The highest BCUT2D eigenvalue weighted by Gasteiger charge is 2.19. The number of carbonyl (C=O) groups is 2. The third kappa shape index (κ3) is 8.14. The molecule has 0 aliphatic carbocycles. The number of benzene rings is 4. The van der Waals surface area contributed by atoms with Crippen molar-refractivity contribution in [2.75, 3.05) is 0 Å². The zero-order valence-electron chi connectivity index (χ0n) is 21.7. The molecule has 4 aromatic carbocycles. The Labute approximate surface area is 259 Å².